The summed E-state index contributed by atoms with van der Waals surface area (Å²) in [5.41, 5.74) is 2.16. The number of nitrogens with zero attached hydrogens (tertiary/aromatic N) is 3. The maximum absolute atomic E-state index is 12.9. The van der Waals surface area contributed by atoms with E-state index in [1.165, 1.54) is 12.6 Å². The predicted molar refractivity (Wildman–Crippen MR) is 108 cm³/mol. The van der Waals surface area contributed by atoms with Crippen LogP contribution in [0.1, 0.15) is 30.4 Å². The quantitative estimate of drug-likeness (QED) is 0.744. The Morgan fingerprint density at radius 3 is 2.80 bits per heavy atom. The number of Topliss-reactive ketones (excluding diaryl/α,β-unsaturated/α-hetero) is 1. The number of carbonyl (C=O) groups is 1. The third-order valence-corrected chi connectivity index (χ3v) is 5.48. The number of ketones is 1. The van der Waals surface area contributed by atoms with Crippen LogP contribution in [0.2, 0.25) is 0 Å². The molecule has 1 aromatic heterocycles. The highest BCUT2D eigenvalue weighted by atomic mass is 16.5. The summed E-state index contributed by atoms with van der Waals surface area (Å²) in [6.07, 6.45) is 5.48. The SMILES string of the molecule is Cc1cc(C)cc(OC2=COC3CC(OCC(O)Cn4cncn4)CCC3C2=O)c1. The van der Waals surface area contributed by atoms with Gasteiger partial charge in [-0.2, -0.15) is 5.10 Å². The average molecular weight is 413 g/mol. The molecular formula is C22H27N3O5. The Morgan fingerprint density at radius 1 is 1.27 bits per heavy atom. The van der Waals surface area contributed by atoms with Crippen molar-refractivity contribution in [2.75, 3.05) is 6.61 Å². The molecule has 0 spiro atoms. The maximum Gasteiger partial charge on any atom is 0.207 e. The first-order valence-corrected chi connectivity index (χ1v) is 10.3. The van der Waals surface area contributed by atoms with Crippen molar-refractivity contribution >= 4 is 5.78 Å². The summed E-state index contributed by atoms with van der Waals surface area (Å²) < 4.78 is 19.1. The molecule has 1 aromatic carbocycles. The number of benzene rings is 1. The Hall–Kier alpha value is -2.71. The van der Waals surface area contributed by atoms with Gasteiger partial charge in [-0.1, -0.05) is 6.07 Å². The van der Waals surface area contributed by atoms with Gasteiger partial charge in [-0.3, -0.25) is 9.48 Å². The molecule has 30 heavy (non-hydrogen) atoms. The standard InChI is InChI=1S/C22H27N3O5/c1-14-5-15(2)7-18(6-14)30-21-11-29-20-8-17(3-4-19(20)22(21)27)28-10-16(26)9-25-13-23-12-24-25/h5-7,11-13,16-17,19-20,26H,3-4,8-10H2,1-2H3. The van der Waals surface area contributed by atoms with Gasteiger partial charge in [0.05, 0.1) is 31.3 Å². The second-order valence-corrected chi connectivity index (χ2v) is 8.09. The van der Waals surface area contributed by atoms with Gasteiger partial charge in [0.1, 0.15) is 30.8 Å². The van der Waals surface area contributed by atoms with Crippen molar-refractivity contribution in [1.82, 2.24) is 14.8 Å². The molecule has 8 heteroatoms. The summed E-state index contributed by atoms with van der Waals surface area (Å²) in [7, 11) is 0. The number of aryl methyl sites for hydroxylation is 2. The van der Waals surface area contributed by atoms with Gasteiger partial charge in [-0.25, -0.2) is 4.98 Å². The fourth-order valence-corrected chi connectivity index (χ4v) is 4.12. The van der Waals surface area contributed by atoms with E-state index in [4.69, 9.17) is 14.2 Å². The van der Waals surface area contributed by atoms with Gasteiger partial charge in [-0.15, -0.1) is 0 Å². The highest BCUT2D eigenvalue weighted by molar-refractivity contribution is 5.96. The molecule has 0 bridgehead atoms. The van der Waals surface area contributed by atoms with Crippen LogP contribution >= 0.6 is 0 Å². The number of rotatable bonds is 7. The van der Waals surface area contributed by atoms with Gasteiger partial charge < -0.3 is 19.3 Å². The summed E-state index contributed by atoms with van der Waals surface area (Å²) in [6, 6.07) is 5.87. The van der Waals surface area contributed by atoms with Crippen LogP contribution in [0.25, 0.3) is 0 Å². The lowest BCUT2D eigenvalue weighted by atomic mass is 9.80. The molecule has 1 aliphatic heterocycles. The van der Waals surface area contributed by atoms with E-state index in [0.717, 1.165) is 17.5 Å². The van der Waals surface area contributed by atoms with Gasteiger partial charge in [0.15, 0.2) is 0 Å². The van der Waals surface area contributed by atoms with Gasteiger partial charge in [0.25, 0.3) is 0 Å². The lowest BCUT2D eigenvalue weighted by Gasteiger charge is -2.37. The first-order chi connectivity index (χ1) is 14.5. The van der Waals surface area contributed by atoms with E-state index < -0.39 is 6.10 Å². The summed E-state index contributed by atoms with van der Waals surface area (Å²) >= 11 is 0. The highest BCUT2D eigenvalue weighted by Gasteiger charge is 2.41. The molecule has 1 aliphatic carbocycles. The number of fused-ring (bicyclic) bond motifs is 1. The monoisotopic (exact) mass is 413 g/mol. The number of carbonyl (C=O) groups excluding carboxylic acids is 1. The highest BCUT2D eigenvalue weighted by Crippen LogP contribution is 2.35. The summed E-state index contributed by atoms with van der Waals surface area (Å²) in [6.45, 7) is 4.52. The molecule has 1 N–H and O–H groups in total. The normalized spacial score (nSPS) is 24.6. The number of hydrogen-bond acceptors (Lipinski definition) is 7. The minimum Gasteiger partial charge on any atom is -0.493 e. The maximum atomic E-state index is 12.9. The number of aliphatic hydroxyl groups is 1. The van der Waals surface area contributed by atoms with E-state index >= 15 is 0 Å². The zero-order valence-electron chi connectivity index (χ0n) is 17.2. The Balaban J connectivity index is 1.30. The predicted octanol–water partition coefficient (Wildman–Crippen LogP) is 2.33. The molecule has 0 amide bonds. The zero-order valence-corrected chi connectivity index (χ0v) is 17.2. The van der Waals surface area contributed by atoms with Crippen LogP contribution in [0.15, 0.2) is 42.9 Å². The van der Waals surface area contributed by atoms with Crippen molar-refractivity contribution in [3.8, 4) is 5.75 Å². The topological polar surface area (TPSA) is 95.7 Å². The van der Waals surface area contributed by atoms with Crippen LogP contribution in [0.5, 0.6) is 5.75 Å². The van der Waals surface area contributed by atoms with Crippen molar-refractivity contribution in [2.24, 2.45) is 5.92 Å². The fraction of sp³-hybridized carbons (Fsp3) is 0.500. The molecule has 2 heterocycles. The van der Waals surface area contributed by atoms with Crippen LogP contribution < -0.4 is 4.74 Å². The van der Waals surface area contributed by atoms with Crippen molar-refractivity contribution in [1.29, 1.82) is 0 Å². The molecule has 160 valence electrons. The zero-order chi connectivity index (χ0) is 21.1. The minimum atomic E-state index is -0.670. The lowest BCUT2D eigenvalue weighted by molar-refractivity contribution is -0.135. The molecule has 1 saturated carbocycles. The van der Waals surface area contributed by atoms with E-state index in [-0.39, 0.29) is 36.3 Å². The third kappa shape index (κ3) is 4.88. The Bertz CT molecular complexity index is 891. The summed E-state index contributed by atoms with van der Waals surface area (Å²) in [4.78, 5) is 16.8. The molecule has 2 aromatic rings. The molecule has 4 unspecified atom stereocenters. The van der Waals surface area contributed by atoms with E-state index in [0.29, 0.717) is 25.1 Å². The molecule has 0 radical (unpaired) electrons. The van der Waals surface area contributed by atoms with Crippen LogP contribution in [0, 0.1) is 19.8 Å². The van der Waals surface area contributed by atoms with Crippen LogP contribution in [0.4, 0.5) is 0 Å². The Labute approximate surface area is 175 Å². The van der Waals surface area contributed by atoms with Crippen LogP contribution in [-0.2, 0) is 20.8 Å². The van der Waals surface area contributed by atoms with E-state index in [2.05, 4.69) is 16.1 Å². The van der Waals surface area contributed by atoms with Gasteiger partial charge >= 0.3 is 0 Å². The Kier molecular flexibility index (Phi) is 6.15. The first kappa shape index (κ1) is 20.6. The lowest BCUT2D eigenvalue weighted by Crippen LogP contribution is -2.43. The number of aliphatic hydroxyl groups excluding tert-OH is 1. The minimum absolute atomic E-state index is 0.0184. The largest absolute Gasteiger partial charge is 0.493 e. The van der Waals surface area contributed by atoms with Crippen molar-refractivity contribution in [3.05, 3.63) is 54.0 Å². The van der Waals surface area contributed by atoms with E-state index in [9.17, 15) is 9.90 Å². The van der Waals surface area contributed by atoms with E-state index in [1.54, 1.807) is 11.0 Å². The van der Waals surface area contributed by atoms with Crippen molar-refractivity contribution in [3.63, 3.8) is 0 Å². The molecule has 4 atom stereocenters. The molecule has 8 nitrogen and oxygen atoms in total. The molecular weight excluding hydrogens is 386 g/mol. The van der Waals surface area contributed by atoms with Gasteiger partial charge in [0, 0.05) is 6.42 Å². The summed E-state index contributed by atoms with van der Waals surface area (Å²) in [5.74, 6) is 0.655. The number of allylic oxidation sites excluding steroid dienone is 1. The van der Waals surface area contributed by atoms with Crippen LogP contribution in [-0.4, -0.2) is 50.6 Å². The third-order valence-electron chi connectivity index (χ3n) is 5.48. The Morgan fingerprint density at radius 2 is 2.07 bits per heavy atom. The second-order valence-electron chi connectivity index (χ2n) is 8.09. The van der Waals surface area contributed by atoms with Gasteiger partial charge in [0.2, 0.25) is 11.5 Å². The molecule has 1 fully saturated rings. The van der Waals surface area contributed by atoms with Crippen molar-refractivity contribution in [2.45, 2.75) is 58.0 Å². The fourth-order valence-electron chi connectivity index (χ4n) is 4.12. The smallest absolute Gasteiger partial charge is 0.207 e. The number of aromatic nitrogens is 3. The first-order valence-electron chi connectivity index (χ1n) is 10.3. The number of hydrogen-bond donors (Lipinski definition) is 1. The molecule has 4 rings (SSSR count). The summed E-state index contributed by atoms with van der Waals surface area (Å²) in [5, 5.41) is 14.1. The van der Waals surface area contributed by atoms with E-state index in [1.807, 2.05) is 26.0 Å². The molecule has 2 aliphatic rings. The average Bonchev–Trinajstić information content (AvgIpc) is 3.21. The van der Waals surface area contributed by atoms with Crippen LogP contribution in [0.3, 0.4) is 0 Å². The number of ether oxygens (including phenoxy) is 3. The van der Waals surface area contributed by atoms with Crippen molar-refractivity contribution < 1.29 is 24.1 Å². The second kappa shape index (κ2) is 8.97. The molecule has 0 saturated heterocycles. The van der Waals surface area contributed by atoms with Gasteiger partial charge in [-0.05, 0) is 49.9 Å².